The van der Waals surface area contributed by atoms with E-state index in [1.807, 2.05) is 81.4 Å². The van der Waals surface area contributed by atoms with Gasteiger partial charge in [0.25, 0.3) is 5.91 Å². The Hall–Kier alpha value is -3.44. The lowest BCUT2D eigenvalue weighted by atomic mass is 9.98. The van der Waals surface area contributed by atoms with Crippen molar-refractivity contribution in [3.8, 4) is 0 Å². The molecule has 0 saturated heterocycles. The van der Waals surface area contributed by atoms with E-state index >= 15 is 0 Å². The van der Waals surface area contributed by atoms with Crippen LogP contribution in [0, 0.1) is 12.8 Å². The average Bonchev–Trinajstić information content (AvgIpc) is 2.98. The molecular formula is C29H30ClN3O2. The summed E-state index contributed by atoms with van der Waals surface area (Å²) < 4.78 is 0. The predicted octanol–water partition coefficient (Wildman–Crippen LogP) is 5.56. The molecular weight excluding hydrogens is 458 g/mol. The Morgan fingerprint density at radius 3 is 2.49 bits per heavy atom. The van der Waals surface area contributed by atoms with Crippen molar-refractivity contribution in [2.75, 3.05) is 11.4 Å². The molecule has 5 nitrogen and oxygen atoms in total. The molecule has 1 aliphatic rings. The first-order chi connectivity index (χ1) is 16.9. The molecule has 3 aromatic carbocycles. The minimum Gasteiger partial charge on any atom is -0.350 e. The molecule has 180 valence electrons. The Balaban J connectivity index is 1.70. The second-order valence-corrected chi connectivity index (χ2v) is 9.46. The number of rotatable bonds is 7. The van der Waals surface area contributed by atoms with E-state index in [-0.39, 0.29) is 24.3 Å². The summed E-state index contributed by atoms with van der Waals surface area (Å²) in [5.74, 6) is -0.408. The third-order valence-corrected chi connectivity index (χ3v) is 6.67. The zero-order valence-electron chi connectivity index (χ0n) is 20.3. The SMILES string of the molecule is CC[C@@H](C)[C@H]1N=C(c2ccccc2)c2cc(Cl)ccc2N(CC(=O)NCc2ccc(C)cc2)C1=O. The zero-order valence-corrected chi connectivity index (χ0v) is 21.0. The smallest absolute Gasteiger partial charge is 0.252 e. The summed E-state index contributed by atoms with van der Waals surface area (Å²) in [5.41, 5.74) is 5.17. The van der Waals surface area contributed by atoms with Crippen LogP contribution in [0.1, 0.15) is 42.5 Å². The quantitative estimate of drug-likeness (QED) is 0.474. The third kappa shape index (κ3) is 5.63. The molecule has 0 spiro atoms. The van der Waals surface area contributed by atoms with Gasteiger partial charge >= 0.3 is 0 Å². The van der Waals surface area contributed by atoms with E-state index in [1.54, 1.807) is 17.0 Å². The number of fused-ring (bicyclic) bond motifs is 1. The first-order valence-corrected chi connectivity index (χ1v) is 12.3. The zero-order chi connectivity index (χ0) is 24.9. The molecule has 1 aliphatic heterocycles. The van der Waals surface area contributed by atoms with Crippen LogP contribution in [0.5, 0.6) is 0 Å². The Morgan fingerprint density at radius 1 is 1.09 bits per heavy atom. The molecule has 0 fully saturated rings. The van der Waals surface area contributed by atoms with E-state index in [4.69, 9.17) is 16.6 Å². The summed E-state index contributed by atoms with van der Waals surface area (Å²) in [7, 11) is 0. The van der Waals surface area contributed by atoms with E-state index in [1.165, 1.54) is 0 Å². The number of hydrogen-bond donors (Lipinski definition) is 1. The van der Waals surface area contributed by atoms with Crippen LogP contribution in [0.25, 0.3) is 0 Å². The van der Waals surface area contributed by atoms with Gasteiger partial charge in [-0.2, -0.15) is 0 Å². The van der Waals surface area contributed by atoms with Crippen molar-refractivity contribution >= 4 is 34.8 Å². The summed E-state index contributed by atoms with van der Waals surface area (Å²) in [6.07, 6.45) is 0.784. The Morgan fingerprint density at radius 2 is 1.80 bits per heavy atom. The fourth-order valence-corrected chi connectivity index (χ4v) is 4.34. The molecule has 0 unspecified atom stereocenters. The average molecular weight is 488 g/mol. The maximum absolute atomic E-state index is 13.8. The molecule has 0 radical (unpaired) electrons. The van der Waals surface area contributed by atoms with E-state index in [0.717, 1.165) is 28.7 Å². The fraction of sp³-hybridized carbons (Fsp3) is 0.276. The van der Waals surface area contributed by atoms with Gasteiger partial charge in [0.2, 0.25) is 5.91 Å². The number of amides is 2. The summed E-state index contributed by atoms with van der Waals surface area (Å²) in [6.45, 7) is 6.39. The molecule has 1 N–H and O–H groups in total. The highest BCUT2D eigenvalue weighted by molar-refractivity contribution is 6.32. The van der Waals surface area contributed by atoms with Crippen molar-refractivity contribution in [3.63, 3.8) is 0 Å². The van der Waals surface area contributed by atoms with Gasteiger partial charge in [0.15, 0.2) is 0 Å². The van der Waals surface area contributed by atoms with Gasteiger partial charge in [-0.25, -0.2) is 0 Å². The number of aliphatic imine (C=N–C) groups is 1. The van der Waals surface area contributed by atoms with Crippen molar-refractivity contribution < 1.29 is 9.59 Å². The van der Waals surface area contributed by atoms with E-state index in [9.17, 15) is 9.59 Å². The minimum atomic E-state index is -0.605. The number of carbonyl (C=O) groups is 2. The predicted molar refractivity (Wildman–Crippen MR) is 142 cm³/mol. The molecule has 0 bridgehead atoms. The molecule has 1 heterocycles. The number of nitrogens with zero attached hydrogens (tertiary/aromatic N) is 2. The standard InChI is InChI=1S/C29H30ClN3O2/c1-4-20(3)27-29(35)33(18-26(34)31-17-21-12-10-19(2)11-13-21)25-15-14-23(30)16-24(25)28(32-27)22-8-6-5-7-9-22/h5-16,20,27H,4,17-18H2,1-3H3,(H,31,34)/t20-,27-/m1/s1. The van der Waals surface area contributed by atoms with Gasteiger partial charge in [0.1, 0.15) is 12.6 Å². The van der Waals surface area contributed by atoms with Gasteiger partial charge in [-0.3, -0.25) is 14.6 Å². The maximum atomic E-state index is 13.8. The van der Waals surface area contributed by atoms with Crippen LogP contribution < -0.4 is 10.2 Å². The summed E-state index contributed by atoms with van der Waals surface area (Å²) in [6, 6.07) is 22.6. The van der Waals surface area contributed by atoms with Gasteiger partial charge in [-0.15, -0.1) is 0 Å². The lowest BCUT2D eigenvalue weighted by Gasteiger charge is -2.26. The molecule has 4 rings (SSSR count). The number of anilines is 1. The lowest BCUT2D eigenvalue weighted by Crippen LogP contribution is -2.46. The number of benzene rings is 3. The maximum Gasteiger partial charge on any atom is 0.252 e. The highest BCUT2D eigenvalue weighted by atomic mass is 35.5. The number of hydrogen-bond acceptors (Lipinski definition) is 3. The highest BCUT2D eigenvalue weighted by Crippen LogP contribution is 2.32. The van der Waals surface area contributed by atoms with Crippen LogP contribution in [0.4, 0.5) is 5.69 Å². The molecule has 2 amide bonds. The lowest BCUT2D eigenvalue weighted by molar-refractivity contribution is -0.125. The first-order valence-electron chi connectivity index (χ1n) is 11.9. The largest absolute Gasteiger partial charge is 0.350 e. The van der Waals surface area contributed by atoms with Crippen LogP contribution in [0.3, 0.4) is 0 Å². The number of nitrogens with one attached hydrogen (secondary N) is 1. The Kier molecular flexibility index (Phi) is 7.67. The van der Waals surface area contributed by atoms with Crippen molar-refractivity contribution in [2.24, 2.45) is 10.9 Å². The van der Waals surface area contributed by atoms with Crippen molar-refractivity contribution in [1.29, 1.82) is 0 Å². The Bertz CT molecular complexity index is 1240. The molecule has 35 heavy (non-hydrogen) atoms. The Labute approximate surface area is 211 Å². The van der Waals surface area contributed by atoms with Crippen LogP contribution in [-0.4, -0.2) is 30.1 Å². The second-order valence-electron chi connectivity index (χ2n) is 9.02. The van der Waals surface area contributed by atoms with Crippen molar-refractivity contribution in [2.45, 2.75) is 39.8 Å². The highest BCUT2D eigenvalue weighted by Gasteiger charge is 2.35. The number of carbonyl (C=O) groups excluding carboxylic acids is 2. The normalized spacial score (nSPS) is 16.2. The summed E-state index contributed by atoms with van der Waals surface area (Å²) >= 11 is 6.39. The molecule has 2 atom stereocenters. The molecule has 6 heteroatoms. The summed E-state index contributed by atoms with van der Waals surface area (Å²) in [4.78, 5) is 33.4. The number of halogens is 1. The third-order valence-electron chi connectivity index (χ3n) is 6.43. The second kappa shape index (κ2) is 10.9. The molecule has 0 aromatic heterocycles. The van der Waals surface area contributed by atoms with Crippen LogP contribution in [-0.2, 0) is 16.1 Å². The molecule has 0 aliphatic carbocycles. The van der Waals surface area contributed by atoms with Gasteiger partial charge in [-0.05, 0) is 36.6 Å². The monoisotopic (exact) mass is 487 g/mol. The molecule has 0 saturated carbocycles. The van der Waals surface area contributed by atoms with Gasteiger partial charge in [0.05, 0.1) is 11.4 Å². The summed E-state index contributed by atoms with van der Waals surface area (Å²) in [5, 5.41) is 3.50. The first kappa shape index (κ1) is 24.7. The van der Waals surface area contributed by atoms with E-state index < -0.39 is 6.04 Å². The topological polar surface area (TPSA) is 61.8 Å². The van der Waals surface area contributed by atoms with Gasteiger partial charge in [0, 0.05) is 22.7 Å². The van der Waals surface area contributed by atoms with Gasteiger partial charge in [-0.1, -0.05) is 92.0 Å². The van der Waals surface area contributed by atoms with Crippen molar-refractivity contribution in [3.05, 3.63) is 100 Å². The van der Waals surface area contributed by atoms with Gasteiger partial charge < -0.3 is 10.2 Å². The van der Waals surface area contributed by atoms with Crippen molar-refractivity contribution in [1.82, 2.24) is 5.32 Å². The minimum absolute atomic E-state index is 0.00381. The van der Waals surface area contributed by atoms with Crippen LogP contribution in [0.2, 0.25) is 5.02 Å². The number of benzodiazepines with no additional fused rings is 1. The fourth-order valence-electron chi connectivity index (χ4n) is 4.16. The van der Waals surface area contributed by atoms with Crippen LogP contribution >= 0.6 is 11.6 Å². The van der Waals surface area contributed by atoms with E-state index in [0.29, 0.717) is 23.0 Å². The number of aryl methyl sites for hydroxylation is 1. The van der Waals surface area contributed by atoms with Crippen LogP contribution in [0.15, 0.2) is 77.8 Å². The van der Waals surface area contributed by atoms with E-state index in [2.05, 4.69) is 5.32 Å². The molecule has 3 aromatic rings.